The number of ether oxygens (including phenoxy) is 3. The Bertz CT molecular complexity index is 981. The number of rotatable bonds is 1. The Labute approximate surface area is 157 Å². The van der Waals surface area contributed by atoms with Crippen LogP contribution in [0.4, 0.5) is 0 Å². The molecular formula is C21H19N3O3. The van der Waals surface area contributed by atoms with Gasteiger partial charge >= 0.3 is 0 Å². The maximum absolute atomic E-state index is 9.20. The standard InChI is InChI=1S/C21H19N3O3/c22-10-13-2-1-3-14(8-13)15-4-5-18-17(9-15)21(12-26-20(23)24-21)16-6-7-25-11-19(16)27-18/h1-5,8-9,16,19H,6-7,11-12H2,(H2,23,24)/t16-,19-,21-/m0/s1. The van der Waals surface area contributed by atoms with Crippen molar-refractivity contribution in [3.05, 3.63) is 53.6 Å². The Hall–Kier alpha value is -3.04. The highest BCUT2D eigenvalue weighted by molar-refractivity contribution is 5.75. The van der Waals surface area contributed by atoms with E-state index in [0.29, 0.717) is 25.4 Å². The fourth-order valence-electron chi connectivity index (χ4n) is 4.43. The molecule has 0 saturated carbocycles. The predicted octanol–water partition coefficient (Wildman–Crippen LogP) is 2.56. The average Bonchev–Trinajstić information content (AvgIpc) is 3.10. The fraction of sp³-hybridized carbons (Fsp3) is 0.333. The first kappa shape index (κ1) is 16.2. The first-order valence-electron chi connectivity index (χ1n) is 9.07. The topological polar surface area (TPSA) is 89.9 Å². The van der Waals surface area contributed by atoms with Crippen molar-refractivity contribution in [2.75, 3.05) is 19.8 Å². The molecule has 0 radical (unpaired) electrons. The quantitative estimate of drug-likeness (QED) is 0.843. The molecule has 0 aromatic heterocycles. The van der Waals surface area contributed by atoms with Crippen molar-refractivity contribution in [1.82, 2.24) is 0 Å². The number of nitrogens with zero attached hydrogens (tertiary/aromatic N) is 2. The van der Waals surface area contributed by atoms with Crippen molar-refractivity contribution in [3.63, 3.8) is 0 Å². The predicted molar refractivity (Wildman–Crippen MR) is 99.2 cm³/mol. The molecule has 0 bridgehead atoms. The molecule has 0 amide bonds. The molecular weight excluding hydrogens is 342 g/mol. The molecule has 6 heteroatoms. The van der Waals surface area contributed by atoms with Crippen molar-refractivity contribution in [1.29, 1.82) is 5.26 Å². The molecule has 5 rings (SSSR count). The number of aliphatic imine (C=N–C) groups is 1. The number of hydrogen-bond acceptors (Lipinski definition) is 6. The lowest BCUT2D eigenvalue weighted by molar-refractivity contribution is -0.0732. The van der Waals surface area contributed by atoms with Crippen LogP contribution in [-0.4, -0.2) is 31.9 Å². The Morgan fingerprint density at radius 2 is 2.07 bits per heavy atom. The molecule has 1 saturated heterocycles. The van der Waals surface area contributed by atoms with Crippen LogP contribution in [0, 0.1) is 17.2 Å². The molecule has 0 unspecified atom stereocenters. The van der Waals surface area contributed by atoms with E-state index in [1.54, 1.807) is 6.07 Å². The normalized spacial score (nSPS) is 28.3. The lowest BCUT2D eigenvalue weighted by Crippen LogP contribution is -2.52. The molecule has 3 atom stereocenters. The summed E-state index contributed by atoms with van der Waals surface area (Å²) in [6, 6.07) is 16.1. The number of benzene rings is 2. The van der Waals surface area contributed by atoms with Gasteiger partial charge in [-0.1, -0.05) is 18.2 Å². The van der Waals surface area contributed by atoms with E-state index in [1.807, 2.05) is 30.3 Å². The van der Waals surface area contributed by atoms with Crippen LogP contribution in [0.5, 0.6) is 5.75 Å². The van der Waals surface area contributed by atoms with E-state index in [-0.39, 0.29) is 18.0 Å². The van der Waals surface area contributed by atoms with Crippen molar-refractivity contribution in [3.8, 4) is 22.9 Å². The van der Waals surface area contributed by atoms with Crippen LogP contribution >= 0.6 is 0 Å². The molecule has 1 fully saturated rings. The highest BCUT2D eigenvalue weighted by Crippen LogP contribution is 2.51. The van der Waals surface area contributed by atoms with Crippen LogP contribution in [-0.2, 0) is 15.0 Å². The summed E-state index contributed by atoms with van der Waals surface area (Å²) in [5.74, 6) is 0.949. The van der Waals surface area contributed by atoms with Gasteiger partial charge in [-0.3, -0.25) is 0 Å². The molecule has 1 spiro atoms. The van der Waals surface area contributed by atoms with Gasteiger partial charge in [0.05, 0.1) is 18.2 Å². The molecule has 2 aromatic carbocycles. The summed E-state index contributed by atoms with van der Waals surface area (Å²) < 4.78 is 17.5. The lowest BCUT2D eigenvalue weighted by atomic mass is 9.71. The van der Waals surface area contributed by atoms with Crippen LogP contribution in [0.3, 0.4) is 0 Å². The van der Waals surface area contributed by atoms with Crippen LogP contribution in [0.2, 0.25) is 0 Å². The monoisotopic (exact) mass is 361 g/mol. The van der Waals surface area contributed by atoms with Crippen LogP contribution in [0.1, 0.15) is 17.5 Å². The maximum Gasteiger partial charge on any atom is 0.283 e. The van der Waals surface area contributed by atoms with Gasteiger partial charge < -0.3 is 19.9 Å². The number of hydrogen-bond donors (Lipinski definition) is 1. The largest absolute Gasteiger partial charge is 0.487 e. The minimum Gasteiger partial charge on any atom is -0.487 e. The van der Waals surface area contributed by atoms with E-state index >= 15 is 0 Å². The SMILES string of the molecule is N#Cc1cccc(-c2ccc3c(c2)[C@]2(COC(N)=N2)[C@H]2CCOC[C@@H]2O3)c1. The van der Waals surface area contributed by atoms with Crippen molar-refractivity contribution < 1.29 is 14.2 Å². The summed E-state index contributed by atoms with van der Waals surface area (Å²) >= 11 is 0. The highest BCUT2D eigenvalue weighted by atomic mass is 16.5. The highest BCUT2D eigenvalue weighted by Gasteiger charge is 2.54. The first-order valence-corrected chi connectivity index (χ1v) is 9.07. The van der Waals surface area contributed by atoms with Crippen molar-refractivity contribution in [2.24, 2.45) is 16.6 Å². The van der Waals surface area contributed by atoms with Crippen LogP contribution < -0.4 is 10.5 Å². The number of fused-ring (bicyclic) bond motifs is 4. The Balaban J connectivity index is 1.66. The molecule has 3 aliphatic heterocycles. The summed E-state index contributed by atoms with van der Waals surface area (Å²) in [5, 5.41) is 9.20. The lowest BCUT2D eigenvalue weighted by Gasteiger charge is -2.46. The molecule has 27 heavy (non-hydrogen) atoms. The third-order valence-electron chi connectivity index (χ3n) is 5.72. The Kier molecular flexibility index (Phi) is 3.59. The summed E-state index contributed by atoms with van der Waals surface area (Å²) in [6.07, 6.45) is 0.788. The van der Waals surface area contributed by atoms with Gasteiger partial charge in [-0.05, 0) is 41.8 Å². The first-order chi connectivity index (χ1) is 13.2. The zero-order valence-corrected chi connectivity index (χ0v) is 14.7. The zero-order chi connectivity index (χ0) is 18.4. The summed E-state index contributed by atoms with van der Waals surface area (Å²) in [4.78, 5) is 4.76. The molecule has 2 aromatic rings. The van der Waals surface area contributed by atoms with E-state index in [1.165, 1.54) is 0 Å². The number of amidine groups is 1. The van der Waals surface area contributed by atoms with Gasteiger partial charge in [-0.2, -0.15) is 5.26 Å². The second kappa shape index (κ2) is 6.00. The fourth-order valence-corrected chi connectivity index (χ4v) is 4.43. The third kappa shape index (κ3) is 2.47. The van der Waals surface area contributed by atoms with Gasteiger partial charge in [0.2, 0.25) is 0 Å². The molecule has 0 aliphatic carbocycles. The summed E-state index contributed by atoms with van der Waals surface area (Å²) in [6.45, 7) is 1.65. The molecule has 3 heterocycles. The van der Waals surface area contributed by atoms with E-state index in [4.69, 9.17) is 24.9 Å². The van der Waals surface area contributed by atoms with Gasteiger partial charge in [-0.15, -0.1) is 0 Å². The van der Waals surface area contributed by atoms with Gasteiger partial charge in [0.15, 0.2) is 0 Å². The van der Waals surface area contributed by atoms with Gasteiger partial charge in [0.1, 0.15) is 24.0 Å². The zero-order valence-electron chi connectivity index (χ0n) is 14.7. The molecule has 6 nitrogen and oxygen atoms in total. The van der Waals surface area contributed by atoms with Gasteiger partial charge in [-0.25, -0.2) is 4.99 Å². The number of nitrogens with two attached hydrogens (primary N) is 1. The maximum atomic E-state index is 9.20. The number of nitriles is 1. The van der Waals surface area contributed by atoms with Gasteiger partial charge in [0.25, 0.3) is 6.02 Å². The van der Waals surface area contributed by atoms with E-state index in [2.05, 4.69) is 12.1 Å². The van der Waals surface area contributed by atoms with Crippen LogP contribution in [0.25, 0.3) is 11.1 Å². The average molecular weight is 361 g/mol. The minimum atomic E-state index is -0.547. The Morgan fingerprint density at radius 3 is 2.89 bits per heavy atom. The minimum absolute atomic E-state index is 0.0581. The van der Waals surface area contributed by atoms with Crippen molar-refractivity contribution >= 4 is 6.02 Å². The van der Waals surface area contributed by atoms with E-state index in [0.717, 1.165) is 28.9 Å². The summed E-state index contributed by atoms with van der Waals surface area (Å²) in [5.41, 5.74) is 9.00. The molecule has 3 aliphatic rings. The van der Waals surface area contributed by atoms with Gasteiger partial charge in [0, 0.05) is 18.1 Å². The molecule has 136 valence electrons. The van der Waals surface area contributed by atoms with Crippen LogP contribution in [0.15, 0.2) is 47.5 Å². The second-order valence-corrected chi connectivity index (χ2v) is 7.19. The van der Waals surface area contributed by atoms with E-state index in [9.17, 15) is 5.26 Å². The van der Waals surface area contributed by atoms with Crippen molar-refractivity contribution in [2.45, 2.75) is 18.1 Å². The van der Waals surface area contributed by atoms with E-state index < -0.39 is 5.54 Å². The second-order valence-electron chi connectivity index (χ2n) is 7.19. The smallest absolute Gasteiger partial charge is 0.283 e. The molecule has 2 N–H and O–H groups in total. The Morgan fingerprint density at radius 1 is 1.19 bits per heavy atom. The third-order valence-corrected chi connectivity index (χ3v) is 5.72. The summed E-state index contributed by atoms with van der Waals surface area (Å²) in [7, 11) is 0.